The fraction of sp³-hybridized carbons (Fsp3) is 0.312. The average molecular weight is 287 g/mol. The van der Waals surface area contributed by atoms with Gasteiger partial charge in [-0.05, 0) is 48.2 Å². The number of ether oxygens (including phenoxy) is 1. The molecule has 0 bridgehead atoms. The van der Waals surface area contributed by atoms with Gasteiger partial charge in [-0.1, -0.05) is 6.07 Å². The lowest BCUT2D eigenvalue weighted by Gasteiger charge is -2.16. The number of aliphatic hydroxyl groups is 1. The fourth-order valence-corrected chi connectivity index (χ4v) is 2.29. The van der Waals surface area contributed by atoms with E-state index in [-0.39, 0.29) is 12.5 Å². The van der Waals surface area contributed by atoms with Gasteiger partial charge in [0.1, 0.15) is 5.75 Å². The summed E-state index contributed by atoms with van der Waals surface area (Å²) < 4.78 is 5.39. The predicted molar refractivity (Wildman–Crippen MR) is 84.0 cm³/mol. The Balaban J connectivity index is 2.40. The minimum absolute atomic E-state index is 0.0143. The Kier molecular flexibility index (Phi) is 5.14. The van der Waals surface area contributed by atoms with E-state index >= 15 is 0 Å². The molecule has 2 rings (SSSR count). The van der Waals surface area contributed by atoms with Crippen LogP contribution in [0.5, 0.6) is 5.75 Å². The van der Waals surface area contributed by atoms with Crippen molar-refractivity contribution in [2.45, 2.75) is 6.42 Å². The predicted octanol–water partition coefficient (Wildman–Crippen LogP) is 1.45. The average Bonchev–Trinajstić information content (AvgIpc) is 2.53. The minimum atomic E-state index is 0.0143. The molecule has 0 fully saturated rings. The van der Waals surface area contributed by atoms with Crippen molar-refractivity contribution in [3.05, 3.63) is 42.2 Å². The van der Waals surface area contributed by atoms with Crippen LogP contribution in [0, 0.1) is 5.92 Å². The van der Waals surface area contributed by atoms with Gasteiger partial charge in [-0.2, -0.15) is 0 Å². The van der Waals surface area contributed by atoms with Gasteiger partial charge in [-0.15, -0.1) is 0 Å². The molecule has 112 valence electrons. The fourth-order valence-electron chi connectivity index (χ4n) is 2.29. The highest BCUT2D eigenvalue weighted by atomic mass is 16.5. The summed E-state index contributed by atoms with van der Waals surface area (Å²) in [6.45, 7) is 0.484. The number of aromatic nitrogens is 1. The summed E-state index contributed by atoms with van der Waals surface area (Å²) in [6, 6.07) is 7.65. The number of hydrogen-bond donors (Lipinski definition) is 3. The van der Waals surface area contributed by atoms with Gasteiger partial charge < -0.3 is 21.3 Å². The Hall–Kier alpha value is -2.11. The van der Waals surface area contributed by atoms with Crippen molar-refractivity contribution in [1.29, 1.82) is 0 Å². The highest BCUT2D eigenvalue weighted by Crippen LogP contribution is 2.30. The van der Waals surface area contributed by atoms with Crippen molar-refractivity contribution in [1.82, 2.24) is 4.98 Å². The molecule has 0 aliphatic rings. The summed E-state index contributed by atoms with van der Waals surface area (Å²) in [5.41, 5.74) is 15.2. The molecule has 5 heteroatoms. The number of pyridine rings is 1. The van der Waals surface area contributed by atoms with Gasteiger partial charge in [-0.25, -0.2) is 0 Å². The standard InChI is InChI=1S/C16H21N3O2/c1-21-16-3-2-12(14-9-19-5-4-15(14)18)7-13(16)6-11(8-17)10-20/h2-5,7,9,11,20H,6,8,10,17H2,1H3,(H2,18,19). The topological polar surface area (TPSA) is 94.4 Å². The highest BCUT2D eigenvalue weighted by Gasteiger charge is 2.13. The van der Waals surface area contributed by atoms with Crippen LogP contribution in [-0.4, -0.2) is 30.4 Å². The highest BCUT2D eigenvalue weighted by molar-refractivity contribution is 5.76. The number of nitrogen functional groups attached to an aromatic ring is 1. The van der Waals surface area contributed by atoms with Crippen LogP contribution in [0.3, 0.4) is 0 Å². The van der Waals surface area contributed by atoms with Gasteiger partial charge in [0.15, 0.2) is 0 Å². The molecule has 5 N–H and O–H groups in total. The molecule has 1 aromatic heterocycles. The summed E-state index contributed by atoms with van der Waals surface area (Å²) in [5.74, 6) is 0.800. The lowest BCUT2D eigenvalue weighted by molar-refractivity contribution is 0.229. The van der Waals surface area contributed by atoms with E-state index in [0.29, 0.717) is 18.7 Å². The SMILES string of the molecule is COc1ccc(-c2cnccc2N)cc1CC(CN)CO. The summed E-state index contributed by atoms with van der Waals surface area (Å²) in [4.78, 5) is 4.12. The van der Waals surface area contributed by atoms with E-state index in [4.69, 9.17) is 16.2 Å². The third-order valence-corrected chi connectivity index (χ3v) is 3.55. The van der Waals surface area contributed by atoms with Gasteiger partial charge in [0.05, 0.1) is 7.11 Å². The maximum absolute atomic E-state index is 9.33. The molecule has 0 amide bonds. The number of nitrogens with zero attached hydrogens (tertiary/aromatic N) is 1. The number of nitrogens with two attached hydrogens (primary N) is 2. The molecule has 0 aliphatic carbocycles. The van der Waals surface area contributed by atoms with Crippen LogP contribution in [-0.2, 0) is 6.42 Å². The number of anilines is 1. The quantitative estimate of drug-likeness (QED) is 0.747. The Labute approximate surface area is 124 Å². The van der Waals surface area contributed by atoms with E-state index in [1.54, 1.807) is 25.6 Å². The molecule has 0 spiro atoms. The van der Waals surface area contributed by atoms with Crippen LogP contribution in [0.4, 0.5) is 5.69 Å². The first kappa shape index (κ1) is 15.3. The van der Waals surface area contributed by atoms with Crippen LogP contribution in [0.1, 0.15) is 5.56 Å². The maximum Gasteiger partial charge on any atom is 0.122 e. The number of hydrogen-bond acceptors (Lipinski definition) is 5. The van der Waals surface area contributed by atoms with E-state index < -0.39 is 0 Å². The van der Waals surface area contributed by atoms with E-state index in [1.165, 1.54) is 0 Å². The Morgan fingerprint density at radius 1 is 1.33 bits per heavy atom. The van der Waals surface area contributed by atoms with Gasteiger partial charge in [0, 0.05) is 30.3 Å². The van der Waals surface area contributed by atoms with E-state index in [2.05, 4.69) is 4.98 Å². The van der Waals surface area contributed by atoms with Gasteiger partial charge in [0.25, 0.3) is 0 Å². The van der Waals surface area contributed by atoms with Crippen molar-refractivity contribution < 1.29 is 9.84 Å². The zero-order valence-electron chi connectivity index (χ0n) is 12.1. The molecule has 0 aliphatic heterocycles. The molecular formula is C16H21N3O2. The Bertz CT molecular complexity index is 598. The van der Waals surface area contributed by atoms with Gasteiger partial charge in [0.2, 0.25) is 0 Å². The van der Waals surface area contributed by atoms with Crippen molar-refractivity contribution >= 4 is 5.69 Å². The molecule has 2 aromatic rings. The zero-order chi connectivity index (χ0) is 15.2. The molecule has 21 heavy (non-hydrogen) atoms. The number of methoxy groups -OCH3 is 1. The Morgan fingerprint density at radius 3 is 2.76 bits per heavy atom. The first-order valence-electron chi connectivity index (χ1n) is 6.87. The lowest BCUT2D eigenvalue weighted by atomic mass is 9.95. The van der Waals surface area contributed by atoms with Crippen molar-refractivity contribution in [3.63, 3.8) is 0 Å². The summed E-state index contributed by atoms with van der Waals surface area (Å²) >= 11 is 0. The molecule has 1 aromatic carbocycles. The van der Waals surface area contributed by atoms with E-state index in [9.17, 15) is 5.11 Å². The summed E-state index contributed by atoms with van der Waals surface area (Å²) in [7, 11) is 1.63. The molecular weight excluding hydrogens is 266 g/mol. The number of rotatable bonds is 6. The van der Waals surface area contributed by atoms with Crippen LogP contribution >= 0.6 is 0 Å². The van der Waals surface area contributed by atoms with Crippen molar-refractivity contribution in [2.24, 2.45) is 11.7 Å². The summed E-state index contributed by atoms with van der Waals surface area (Å²) in [6.07, 6.45) is 4.07. The van der Waals surface area contributed by atoms with Gasteiger partial charge in [-0.3, -0.25) is 4.98 Å². The second-order valence-corrected chi connectivity index (χ2v) is 4.98. The largest absolute Gasteiger partial charge is 0.496 e. The summed E-state index contributed by atoms with van der Waals surface area (Å²) in [5, 5.41) is 9.33. The van der Waals surface area contributed by atoms with Crippen LogP contribution in [0.15, 0.2) is 36.7 Å². The molecule has 0 saturated carbocycles. The number of benzene rings is 1. The number of aliphatic hydroxyl groups excluding tert-OH is 1. The van der Waals surface area contributed by atoms with Crippen LogP contribution in [0.2, 0.25) is 0 Å². The van der Waals surface area contributed by atoms with Gasteiger partial charge >= 0.3 is 0 Å². The smallest absolute Gasteiger partial charge is 0.122 e. The second kappa shape index (κ2) is 7.06. The third kappa shape index (κ3) is 3.51. The van der Waals surface area contributed by atoms with E-state index in [1.807, 2.05) is 18.2 Å². The molecule has 5 nitrogen and oxygen atoms in total. The lowest BCUT2D eigenvalue weighted by Crippen LogP contribution is -2.20. The van der Waals surface area contributed by atoms with Crippen LogP contribution < -0.4 is 16.2 Å². The molecule has 1 unspecified atom stereocenters. The first-order valence-corrected chi connectivity index (χ1v) is 6.87. The molecule has 0 radical (unpaired) electrons. The van der Waals surface area contributed by atoms with Crippen molar-refractivity contribution in [2.75, 3.05) is 26.0 Å². The van der Waals surface area contributed by atoms with Crippen LogP contribution in [0.25, 0.3) is 11.1 Å². The third-order valence-electron chi connectivity index (χ3n) is 3.55. The minimum Gasteiger partial charge on any atom is -0.496 e. The zero-order valence-corrected chi connectivity index (χ0v) is 12.1. The second-order valence-electron chi connectivity index (χ2n) is 4.98. The molecule has 1 heterocycles. The maximum atomic E-state index is 9.33. The normalized spacial score (nSPS) is 12.1. The Morgan fingerprint density at radius 2 is 2.14 bits per heavy atom. The van der Waals surface area contributed by atoms with Crippen molar-refractivity contribution in [3.8, 4) is 16.9 Å². The first-order chi connectivity index (χ1) is 10.2. The molecule has 0 saturated heterocycles. The monoisotopic (exact) mass is 287 g/mol. The van der Waals surface area contributed by atoms with E-state index in [0.717, 1.165) is 22.4 Å². The molecule has 1 atom stereocenters.